The average Bonchev–Trinajstić information content (AvgIpc) is 2.69. The van der Waals surface area contributed by atoms with Crippen LogP contribution in [0.4, 0.5) is 10.5 Å². The van der Waals surface area contributed by atoms with Crippen molar-refractivity contribution >= 4 is 11.8 Å². The number of carbonyl (C=O) groups is 1. The highest BCUT2D eigenvalue weighted by atomic mass is 16.6. The van der Waals surface area contributed by atoms with Gasteiger partial charge in [-0.05, 0) is 31.0 Å². The highest BCUT2D eigenvalue weighted by molar-refractivity contribution is 5.68. The second-order valence-electron chi connectivity index (χ2n) is 6.83. The Hall–Kier alpha value is -2.53. The first-order valence-corrected chi connectivity index (χ1v) is 8.93. The topological polar surface area (TPSA) is 50.8 Å². The monoisotopic (exact) mass is 354 g/mol. The van der Waals surface area contributed by atoms with E-state index in [-0.39, 0.29) is 18.7 Å². The quantitative estimate of drug-likeness (QED) is 0.884. The molecule has 1 saturated heterocycles. The Morgan fingerprint density at radius 2 is 1.81 bits per heavy atom. The van der Waals surface area contributed by atoms with Crippen molar-refractivity contribution < 1.29 is 14.3 Å². The van der Waals surface area contributed by atoms with E-state index in [2.05, 4.69) is 5.32 Å². The number of ether oxygens (including phenoxy) is 2. The van der Waals surface area contributed by atoms with E-state index >= 15 is 0 Å². The van der Waals surface area contributed by atoms with Gasteiger partial charge in [-0.15, -0.1) is 0 Å². The van der Waals surface area contributed by atoms with E-state index in [0.29, 0.717) is 13.1 Å². The van der Waals surface area contributed by atoms with E-state index < -0.39 is 5.60 Å². The van der Waals surface area contributed by atoms with E-state index in [1.165, 1.54) is 0 Å². The molecule has 0 spiro atoms. The minimum Gasteiger partial charge on any atom is -0.445 e. The van der Waals surface area contributed by atoms with Crippen molar-refractivity contribution in [3.8, 4) is 0 Å². The number of likely N-dealkylation sites (tertiary alicyclic amines) is 1. The van der Waals surface area contributed by atoms with Crippen LogP contribution >= 0.6 is 0 Å². The first kappa shape index (κ1) is 18.3. The highest BCUT2D eigenvalue weighted by Crippen LogP contribution is 2.28. The summed E-state index contributed by atoms with van der Waals surface area (Å²) in [5.41, 5.74) is 1.55. The van der Waals surface area contributed by atoms with Gasteiger partial charge in [-0.1, -0.05) is 48.5 Å². The molecule has 1 heterocycles. The first-order valence-electron chi connectivity index (χ1n) is 8.93. The summed E-state index contributed by atoms with van der Waals surface area (Å²) in [6.45, 7) is 3.44. The Labute approximate surface area is 154 Å². The summed E-state index contributed by atoms with van der Waals surface area (Å²) in [5, 5.41) is 3.54. The zero-order valence-electron chi connectivity index (χ0n) is 15.4. The molecule has 0 unspecified atom stereocenters. The van der Waals surface area contributed by atoms with Crippen molar-refractivity contribution in [1.82, 2.24) is 4.90 Å². The van der Waals surface area contributed by atoms with Crippen LogP contribution in [0.5, 0.6) is 0 Å². The molecule has 2 aromatic carbocycles. The SMILES string of the molecule is CO[C@]1(C)CN(C(=O)OCc2ccccc2)CC[C@H]1Nc1ccccc1. The van der Waals surface area contributed by atoms with Gasteiger partial charge >= 0.3 is 6.09 Å². The first-order chi connectivity index (χ1) is 12.6. The lowest BCUT2D eigenvalue weighted by Gasteiger charge is -2.45. The number of nitrogens with zero attached hydrogens (tertiary/aromatic N) is 1. The fraction of sp³-hybridized carbons (Fsp3) is 0.381. The molecule has 0 aliphatic carbocycles. The summed E-state index contributed by atoms with van der Waals surface area (Å²) in [5.74, 6) is 0. The van der Waals surface area contributed by atoms with Gasteiger partial charge in [-0.3, -0.25) is 0 Å². The summed E-state index contributed by atoms with van der Waals surface area (Å²) in [6.07, 6.45) is 0.495. The summed E-state index contributed by atoms with van der Waals surface area (Å²) in [6, 6.07) is 19.9. The number of methoxy groups -OCH3 is 1. The van der Waals surface area contributed by atoms with Crippen LogP contribution in [-0.2, 0) is 16.1 Å². The zero-order chi connectivity index (χ0) is 18.4. The number of piperidine rings is 1. The smallest absolute Gasteiger partial charge is 0.410 e. The standard InChI is InChI=1S/C21H26N2O3/c1-21(25-2)16-23(20(24)26-15-17-9-5-3-6-10-17)14-13-19(21)22-18-11-7-4-8-12-18/h3-12,19,22H,13-16H2,1-2H3/t19-,21-/m1/s1. The molecule has 1 aliphatic heterocycles. The Kier molecular flexibility index (Phi) is 5.78. The molecule has 0 saturated carbocycles. The van der Waals surface area contributed by atoms with Gasteiger partial charge in [0.05, 0.1) is 12.6 Å². The Morgan fingerprint density at radius 3 is 2.46 bits per heavy atom. The number of hydrogen-bond donors (Lipinski definition) is 1. The van der Waals surface area contributed by atoms with Crippen molar-refractivity contribution in [2.24, 2.45) is 0 Å². The van der Waals surface area contributed by atoms with Crippen LogP contribution in [0.2, 0.25) is 0 Å². The molecule has 0 radical (unpaired) electrons. The van der Waals surface area contributed by atoms with E-state index in [0.717, 1.165) is 17.7 Å². The number of hydrogen-bond acceptors (Lipinski definition) is 4. The minimum atomic E-state index is -0.486. The lowest BCUT2D eigenvalue weighted by Crippen LogP contribution is -2.60. The van der Waals surface area contributed by atoms with Crippen molar-refractivity contribution in [3.63, 3.8) is 0 Å². The summed E-state index contributed by atoms with van der Waals surface area (Å²) in [7, 11) is 1.69. The Bertz CT molecular complexity index is 708. The number of nitrogens with one attached hydrogen (secondary N) is 1. The number of amides is 1. The number of benzene rings is 2. The summed E-state index contributed by atoms with van der Waals surface area (Å²) >= 11 is 0. The average molecular weight is 354 g/mol. The molecule has 1 aliphatic rings. The van der Waals surface area contributed by atoms with E-state index in [4.69, 9.17) is 9.47 Å². The molecule has 5 heteroatoms. The number of para-hydroxylation sites is 1. The maximum Gasteiger partial charge on any atom is 0.410 e. The molecule has 138 valence electrons. The molecular formula is C21H26N2O3. The van der Waals surface area contributed by atoms with Gasteiger partial charge in [-0.25, -0.2) is 4.79 Å². The van der Waals surface area contributed by atoms with Crippen LogP contribution in [0.3, 0.4) is 0 Å². The van der Waals surface area contributed by atoms with Crippen LogP contribution in [0.1, 0.15) is 18.9 Å². The summed E-state index contributed by atoms with van der Waals surface area (Å²) in [4.78, 5) is 14.2. The van der Waals surface area contributed by atoms with Crippen LogP contribution in [0.25, 0.3) is 0 Å². The van der Waals surface area contributed by atoms with Crippen LogP contribution in [0.15, 0.2) is 60.7 Å². The number of carbonyl (C=O) groups excluding carboxylic acids is 1. The predicted octanol–water partition coefficient (Wildman–Crippen LogP) is 3.91. The molecule has 0 bridgehead atoms. The lowest BCUT2D eigenvalue weighted by molar-refractivity contribution is -0.0570. The minimum absolute atomic E-state index is 0.119. The summed E-state index contributed by atoms with van der Waals surface area (Å²) < 4.78 is 11.3. The van der Waals surface area contributed by atoms with Crippen LogP contribution < -0.4 is 5.32 Å². The number of rotatable bonds is 5. The Balaban J connectivity index is 1.59. The Morgan fingerprint density at radius 1 is 1.15 bits per heavy atom. The highest BCUT2D eigenvalue weighted by Gasteiger charge is 2.42. The second kappa shape index (κ2) is 8.23. The third-order valence-electron chi connectivity index (χ3n) is 4.97. The fourth-order valence-electron chi connectivity index (χ4n) is 3.29. The van der Waals surface area contributed by atoms with Gasteiger partial charge in [0.1, 0.15) is 12.2 Å². The van der Waals surface area contributed by atoms with Crippen molar-refractivity contribution in [1.29, 1.82) is 0 Å². The molecule has 1 fully saturated rings. The van der Waals surface area contributed by atoms with Crippen LogP contribution in [-0.4, -0.2) is 42.8 Å². The maximum absolute atomic E-state index is 12.5. The zero-order valence-corrected chi connectivity index (χ0v) is 15.4. The molecule has 5 nitrogen and oxygen atoms in total. The van der Waals surface area contributed by atoms with E-state index in [1.54, 1.807) is 12.0 Å². The lowest BCUT2D eigenvalue weighted by atomic mass is 9.88. The normalized spacial score (nSPS) is 22.7. The second-order valence-corrected chi connectivity index (χ2v) is 6.83. The fourth-order valence-corrected chi connectivity index (χ4v) is 3.29. The molecule has 3 rings (SSSR count). The van der Waals surface area contributed by atoms with Gasteiger partial charge in [-0.2, -0.15) is 0 Å². The van der Waals surface area contributed by atoms with E-state index in [1.807, 2.05) is 67.6 Å². The molecule has 26 heavy (non-hydrogen) atoms. The molecule has 0 aromatic heterocycles. The third-order valence-corrected chi connectivity index (χ3v) is 4.97. The number of anilines is 1. The van der Waals surface area contributed by atoms with Gasteiger partial charge in [0, 0.05) is 19.3 Å². The maximum atomic E-state index is 12.5. The van der Waals surface area contributed by atoms with Gasteiger partial charge < -0.3 is 19.7 Å². The largest absolute Gasteiger partial charge is 0.445 e. The van der Waals surface area contributed by atoms with Crippen LogP contribution in [0, 0.1) is 0 Å². The molecular weight excluding hydrogens is 328 g/mol. The van der Waals surface area contributed by atoms with Gasteiger partial charge in [0.25, 0.3) is 0 Å². The van der Waals surface area contributed by atoms with Crippen molar-refractivity contribution in [3.05, 3.63) is 66.2 Å². The van der Waals surface area contributed by atoms with Gasteiger partial charge in [0.15, 0.2) is 0 Å². The predicted molar refractivity (Wildman–Crippen MR) is 102 cm³/mol. The molecule has 1 amide bonds. The third kappa shape index (κ3) is 4.35. The molecule has 2 aromatic rings. The molecule has 1 N–H and O–H groups in total. The van der Waals surface area contributed by atoms with E-state index in [9.17, 15) is 4.79 Å². The molecule has 2 atom stereocenters. The van der Waals surface area contributed by atoms with Crippen molar-refractivity contribution in [2.45, 2.75) is 31.6 Å². The van der Waals surface area contributed by atoms with Gasteiger partial charge in [0.2, 0.25) is 0 Å². The van der Waals surface area contributed by atoms with Crippen molar-refractivity contribution in [2.75, 3.05) is 25.5 Å².